The van der Waals surface area contributed by atoms with Crippen molar-refractivity contribution in [3.05, 3.63) is 53.6 Å². The topological polar surface area (TPSA) is 155 Å². The van der Waals surface area contributed by atoms with Crippen LogP contribution in [0.15, 0.2) is 53.0 Å². The molecule has 0 amide bonds. The maximum absolute atomic E-state index is 17.3. The smallest absolute Gasteiger partial charge is 0.338 e. The number of Topliss-reactive ketones (excluding diaryl/α,β-unsaturated/α-hetero) is 1. The number of ketones is 2. The number of esters is 1. The second-order valence-corrected chi connectivity index (χ2v) is 13.6. The number of carbonyl (C=O) groups excluding carboxylic acids is 3. The lowest BCUT2D eigenvalue weighted by atomic mass is 9.44. The molecule has 0 spiro atoms. The van der Waals surface area contributed by atoms with Crippen molar-refractivity contribution in [3.8, 4) is 0 Å². The highest BCUT2D eigenvalue weighted by molar-refractivity contribution is 7.85. The number of allylic oxidation sites excluding steroid dienone is 4. The summed E-state index contributed by atoms with van der Waals surface area (Å²) in [5.74, 6) is -3.86. The van der Waals surface area contributed by atoms with Crippen LogP contribution >= 0.6 is 0 Å². The zero-order valence-corrected chi connectivity index (χ0v) is 23.3. The largest absolute Gasteiger partial charge is 0.454 e. The van der Waals surface area contributed by atoms with Crippen LogP contribution in [0.25, 0.3) is 0 Å². The van der Waals surface area contributed by atoms with Gasteiger partial charge in [0.1, 0.15) is 5.60 Å². The summed E-state index contributed by atoms with van der Waals surface area (Å²) in [6.07, 6.45) is 3.64. The highest BCUT2D eigenvalue weighted by Crippen LogP contribution is 2.70. The molecule has 0 saturated heterocycles. The molecule has 3 saturated carbocycles. The molecule has 8 atom stereocenters. The highest BCUT2D eigenvalue weighted by atomic mass is 32.2. The molecule has 0 aromatic heterocycles. The first-order chi connectivity index (χ1) is 18.5. The van der Waals surface area contributed by atoms with Crippen molar-refractivity contribution in [3.63, 3.8) is 0 Å². The molecule has 216 valence electrons. The predicted octanol–water partition coefficient (Wildman–Crippen LogP) is 3.01. The van der Waals surface area contributed by atoms with Gasteiger partial charge in [-0.3, -0.25) is 14.1 Å². The van der Waals surface area contributed by atoms with Gasteiger partial charge in [0.15, 0.2) is 18.1 Å². The molecule has 0 aliphatic heterocycles. The monoisotopic (exact) mass is 576 g/mol. The Morgan fingerprint density at radius 2 is 1.90 bits per heavy atom. The number of alkyl halides is 1. The van der Waals surface area contributed by atoms with E-state index in [0.29, 0.717) is 24.8 Å². The van der Waals surface area contributed by atoms with Crippen molar-refractivity contribution in [1.82, 2.24) is 0 Å². The minimum Gasteiger partial charge on any atom is -0.454 e. The number of rotatable bonds is 5. The third kappa shape index (κ3) is 3.81. The van der Waals surface area contributed by atoms with E-state index in [2.05, 4.69) is 0 Å². The highest BCUT2D eigenvalue weighted by Gasteiger charge is 2.75. The van der Waals surface area contributed by atoms with Crippen LogP contribution in [0, 0.1) is 28.6 Å². The van der Waals surface area contributed by atoms with Crippen LogP contribution < -0.4 is 0 Å². The molecule has 1 aromatic carbocycles. The van der Waals surface area contributed by atoms with Gasteiger partial charge in [0.25, 0.3) is 10.1 Å². The van der Waals surface area contributed by atoms with Gasteiger partial charge in [-0.05, 0) is 74.8 Å². The summed E-state index contributed by atoms with van der Waals surface area (Å²) in [5.41, 5.74) is -6.17. The number of aliphatic hydroxyl groups is 2. The van der Waals surface area contributed by atoms with Crippen molar-refractivity contribution in [2.75, 3.05) is 6.61 Å². The van der Waals surface area contributed by atoms with Crippen LogP contribution in [0.1, 0.15) is 56.8 Å². The van der Waals surface area contributed by atoms with Crippen molar-refractivity contribution in [2.24, 2.45) is 28.6 Å². The first kappa shape index (κ1) is 28.8. The van der Waals surface area contributed by atoms with Gasteiger partial charge in [0, 0.05) is 16.7 Å². The Morgan fingerprint density at radius 1 is 1.20 bits per heavy atom. The van der Waals surface area contributed by atoms with Crippen LogP contribution in [0.5, 0.6) is 0 Å². The van der Waals surface area contributed by atoms with Crippen molar-refractivity contribution in [1.29, 1.82) is 0 Å². The number of ether oxygens (including phenoxy) is 1. The SMILES string of the molecule is C[C@@H]1C[C@@H]2[C@@H]3CCC4=CC(=O)C=C[C@]4(C)[C@]3(F)[C@H](O)C[C@]2(C)[C@]1(O)C(=O)COC(=O)c1cccc(S(=O)(=O)O)c1. The van der Waals surface area contributed by atoms with E-state index in [0.717, 1.165) is 12.1 Å². The second-order valence-electron chi connectivity index (χ2n) is 12.2. The van der Waals surface area contributed by atoms with E-state index < -0.39 is 79.3 Å². The molecular weight excluding hydrogens is 543 g/mol. The van der Waals surface area contributed by atoms with Gasteiger partial charge in [-0.1, -0.05) is 31.6 Å². The Balaban J connectivity index is 1.41. The second kappa shape index (κ2) is 9.14. The Morgan fingerprint density at radius 3 is 2.58 bits per heavy atom. The molecule has 0 bridgehead atoms. The molecule has 5 rings (SSSR count). The molecule has 40 heavy (non-hydrogen) atoms. The zero-order valence-electron chi connectivity index (χ0n) is 22.5. The third-order valence-electron chi connectivity index (χ3n) is 10.3. The number of hydrogen-bond acceptors (Lipinski definition) is 8. The zero-order chi connectivity index (χ0) is 29.5. The number of hydrogen-bond donors (Lipinski definition) is 3. The molecule has 4 aliphatic carbocycles. The Kier molecular flexibility index (Phi) is 6.58. The van der Waals surface area contributed by atoms with Crippen LogP contribution in [0.4, 0.5) is 4.39 Å². The van der Waals surface area contributed by atoms with E-state index >= 15 is 4.39 Å². The lowest BCUT2D eigenvalue weighted by Crippen LogP contribution is -2.69. The fourth-order valence-corrected chi connectivity index (χ4v) is 8.77. The van der Waals surface area contributed by atoms with E-state index in [1.54, 1.807) is 20.8 Å². The number of fused-ring (bicyclic) bond motifs is 5. The van der Waals surface area contributed by atoms with Gasteiger partial charge in [0.2, 0.25) is 5.78 Å². The molecule has 1 aromatic rings. The number of halogens is 1. The van der Waals surface area contributed by atoms with Crippen LogP contribution in [0.3, 0.4) is 0 Å². The fourth-order valence-electron chi connectivity index (χ4n) is 8.25. The first-order valence-electron chi connectivity index (χ1n) is 13.3. The molecule has 0 radical (unpaired) electrons. The average Bonchev–Trinajstić information content (AvgIpc) is 3.09. The normalized spacial score (nSPS) is 40.5. The summed E-state index contributed by atoms with van der Waals surface area (Å²) in [5, 5.41) is 23.4. The van der Waals surface area contributed by atoms with Gasteiger partial charge in [-0.15, -0.1) is 0 Å². The van der Waals surface area contributed by atoms with Crippen molar-refractivity contribution < 1.29 is 46.7 Å². The minimum absolute atomic E-state index is 0.216. The molecule has 11 heteroatoms. The average molecular weight is 577 g/mol. The Bertz CT molecular complexity index is 1470. The fraction of sp³-hybridized carbons (Fsp3) is 0.552. The molecule has 3 N–H and O–H groups in total. The summed E-state index contributed by atoms with van der Waals surface area (Å²) in [7, 11) is -4.57. The number of aliphatic hydroxyl groups excluding tert-OH is 1. The first-order valence-corrected chi connectivity index (χ1v) is 14.8. The van der Waals surface area contributed by atoms with Crippen molar-refractivity contribution >= 4 is 27.7 Å². The molecular formula is C29H33FO9S. The van der Waals surface area contributed by atoms with E-state index in [-0.39, 0.29) is 17.8 Å². The van der Waals surface area contributed by atoms with E-state index in [1.807, 2.05) is 0 Å². The summed E-state index contributed by atoms with van der Waals surface area (Å²) in [4.78, 5) is 37.7. The molecule has 4 aliphatic rings. The lowest BCUT2D eigenvalue weighted by molar-refractivity contribution is -0.219. The Labute approximate surface area is 231 Å². The van der Waals surface area contributed by atoms with Gasteiger partial charge in [-0.25, -0.2) is 9.18 Å². The quantitative estimate of drug-likeness (QED) is 0.354. The molecule has 3 fully saturated rings. The van der Waals surface area contributed by atoms with Crippen LogP contribution in [0.2, 0.25) is 0 Å². The summed E-state index contributed by atoms with van der Waals surface area (Å²) < 4.78 is 54.4. The van der Waals surface area contributed by atoms with Crippen LogP contribution in [-0.4, -0.2) is 64.7 Å². The lowest BCUT2D eigenvalue weighted by Gasteiger charge is -2.62. The van der Waals surface area contributed by atoms with Gasteiger partial charge in [-0.2, -0.15) is 8.42 Å². The van der Waals surface area contributed by atoms with E-state index in [1.165, 1.54) is 30.4 Å². The van der Waals surface area contributed by atoms with Crippen LogP contribution in [-0.2, 0) is 24.4 Å². The molecule has 9 nitrogen and oxygen atoms in total. The van der Waals surface area contributed by atoms with Gasteiger partial charge >= 0.3 is 5.97 Å². The summed E-state index contributed by atoms with van der Waals surface area (Å²) in [6, 6.07) is 4.48. The number of carbonyl (C=O) groups is 3. The minimum atomic E-state index is -4.57. The Hall–Kier alpha value is -2.73. The maximum Gasteiger partial charge on any atom is 0.338 e. The molecule has 0 heterocycles. The van der Waals surface area contributed by atoms with E-state index in [9.17, 15) is 37.6 Å². The number of benzene rings is 1. The van der Waals surface area contributed by atoms with E-state index in [4.69, 9.17) is 4.74 Å². The molecule has 0 unspecified atom stereocenters. The van der Waals surface area contributed by atoms with Gasteiger partial charge < -0.3 is 14.9 Å². The van der Waals surface area contributed by atoms with Gasteiger partial charge in [0.05, 0.1) is 16.6 Å². The summed E-state index contributed by atoms with van der Waals surface area (Å²) >= 11 is 0. The third-order valence-corrected chi connectivity index (χ3v) is 11.2. The predicted molar refractivity (Wildman–Crippen MR) is 139 cm³/mol. The summed E-state index contributed by atoms with van der Waals surface area (Å²) in [6.45, 7) is 4.22. The maximum atomic E-state index is 17.3. The standard InChI is InChI=1S/C29H33FO9S/c1-16-11-22-21-8-7-18-13-19(31)9-10-26(18,2)28(21,30)23(32)14-27(22,3)29(16,35)24(33)15-39-25(34)17-5-4-6-20(12-17)40(36,37)38/h4-6,9-10,12-13,16,21-23,32,35H,7-8,11,14-15H2,1-3H3,(H,36,37,38)/t16-,21+,22-,23-,26+,27+,28-,29-/m1/s1. The van der Waals surface area contributed by atoms with Crippen molar-refractivity contribution in [2.45, 2.75) is 68.7 Å².